The van der Waals surface area contributed by atoms with Crippen molar-refractivity contribution in [3.63, 3.8) is 0 Å². The first-order valence-electron chi connectivity index (χ1n) is 7.43. The molecule has 0 aliphatic heterocycles. The minimum absolute atomic E-state index is 0.0759. The Morgan fingerprint density at radius 2 is 2.24 bits per heavy atom. The van der Waals surface area contributed by atoms with Gasteiger partial charge in [-0.05, 0) is 48.8 Å². The van der Waals surface area contributed by atoms with Gasteiger partial charge in [-0.15, -0.1) is 11.8 Å². The fourth-order valence-corrected chi connectivity index (χ4v) is 4.55. The van der Waals surface area contributed by atoms with Crippen LogP contribution in [-0.2, 0) is 10.5 Å². The van der Waals surface area contributed by atoms with Crippen LogP contribution in [-0.4, -0.2) is 17.7 Å². The van der Waals surface area contributed by atoms with Crippen LogP contribution < -0.4 is 5.32 Å². The van der Waals surface area contributed by atoms with Gasteiger partial charge in [0.25, 0.3) is 0 Å². The highest BCUT2D eigenvalue weighted by molar-refractivity contribution is 7.99. The molecule has 3 rings (SSSR count). The SMILES string of the molecule is O=C(CSCc1ccc(Cl)cc1F)N[C@@H]1C[C@H]2CC[C@@H]1C2. The van der Waals surface area contributed by atoms with Crippen LogP contribution >= 0.6 is 23.4 Å². The summed E-state index contributed by atoms with van der Waals surface area (Å²) in [6.07, 6.45) is 5.03. The maximum absolute atomic E-state index is 13.6. The zero-order chi connectivity index (χ0) is 14.8. The van der Waals surface area contributed by atoms with Gasteiger partial charge >= 0.3 is 0 Å². The van der Waals surface area contributed by atoms with E-state index < -0.39 is 0 Å². The molecular formula is C16H19ClFNOS. The number of hydrogen-bond donors (Lipinski definition) is 1. The number of hydrogen-bond acceptors (Lipinski definition) is 2. The molecule has 1 amide bonds. The van der Waals surface area contributed by atoms with E-state index in [-0.39, 0.29) is 11.7 Å². The van der Waals surface area contributed by atoms with Gasteiger partial charge in [0.2, 0.25) is 5.91 Å². The van der Waals surface area contributed by atoms with Crippen molar-refractivity contribution in [1.82, 2.24) is 5.32 Å². The quantitative estimate of drug-likeness (QED) is 0.885. The van der Waals surface area contributed by atoms with Gasteiger partial charge in [-0.2, -0.15) is 0 Å². The zero-order valence-electron chi connectivity index (χ0n) is 11.8. The normalized spacial score (nSPS) is 27.0. The molecule has 5 heteroatoms. The Labute approximate surface area is 133 Å². The predicted molar refractivity (Wildman–Crippen MR) is 85.0 cm³/mol. The van der Waals surface area contributed by atoms with E-state index >= 15 is 0 Å². The number of nitrogens with one attached hydrogen (secondary N) is 1. The predicted octanol–water partition coefficient (Wildman–Crippen LogP) is 4.02. The van der Waals surface area contributed by atoms with Crippen LogP contribution in [0.1, 0.15) is 31.2 Å². The lowest BCUT2D eigenvalue weighted by Gasteiger charge is -2.22. The molecule has 3 atom stereocenters. The van der Waals surface area contributed by atoms with Gasteiger partial charge in [-0.25, -0.2) is 4.39 Å². The summed E-state index contributed by atoms with van der Waals surface area (Å²) in [5.41, 5.74) is 0.595. The Hall–Kier alpha value is -0.740. The van der Waals surface area contributed by atoms with Crippen LogP contribution in [0.3, 0.4) is 0 Å². The molecule has 1 aromatic carbocycles. The van der Waals surface area contributed by atoms with Gasteiger partial charge in [0.1, 0.15) is 5.82 Å². The number of halogens is 2. The van der Waals surface area contributed by atoms with E-state index in [1.54, 1.807) is 12.1 Å². The van der Waals surface area contributed by atoms with Crippen LogP contribution in [0, 0.1) is 17.7 Å². The average molecular weight is 328 g/mol. The Balaban J connectivity index is 1.42. The molecule has 2 fully saturated rings. The summed E-state index contributed by atoms with van der Waals surface area (Å²) in [6.45, 7) is 0. The van der Waals surface area contributed by atoms with E-state index in [9.17, 15) is 9.18 Å². The molecule has 2 aliphatic carbocycles. The molecule has 0 radical (unpaired) electrons. The van der Waals surface area contributed by atoms with Crippen LogP contribution in [0.5, 0.6) is 0 Å². The largest absolute Gasteiger partial charge is 0.352 e. The molecule has 21 heavy (non-hydrogen) atoms. The molecule has 1 aromatic rings. The molecule has 2 saturated carbocycles. The second kappa shape index (κ2) is 6.57. The number of benzene rings is 1. The summed E-state index contributed by atoms with van der Waals surface area (Å²) in [4.78, 5) is 12.0. The third kappa shape index (κ3) is 3.72. The molecule has 114 valence electrons. The fourth-order valence-electron chi connectivity index (χ4n) is 3.56. The molecule has 2 bridgehead atoms. The Morgan fingerprint density at radius 3 is 2.90 bits per heavy atom. The third-order valence-corrected chi connectivity index (χ3v) is 5.81. The molecule has 0 saturated heterocycles. The van der Waals surface area contributed by atoms with Crippen molar-refractivity contribution < 1.29 is 9.18 Å². The fraction of sp³-hybridized carbons (Fsp3) is 0.562. The first-order valence-corrected chi connectivity index (χ1v) is 8.96. The van der Waals surface area contributed by atoms with Crippen LogP contribution in [0.15, 0.2) is 18.2 Å². The van der Waals surface area contributed by atoms with Crippen molar-refractivity contribution in [3.05, 3.63) is 34.6 Å². The summed E-state index contributed by atoms with van der Waals surface area (Å²) in [6, 6.07) is 5.05. The maximum atomic E-state index is 13.6. The standard InChI is InChI=1S/C16H19ClFNOS/c17-13-4-3-12(14(18)7-13)8-21-9-16(20)19-15-6-10-1-2-11(15)5-10/h3-4,7,10-11,15H,1-2,5-6,8-9H2,(H,19,20)/t10-,11+,15+/m0/s1. The molecule has 0 aromatic heterocycles. The number of carbonyl (C=O) groups excluding carboxylic acids is 1. The Kier molecular flexibility index (Phi) is 4.75. The first kappa shape index (κ1) is 15.2. The smallest absolute Gasteiger partial charge is 0.230 e. The Bertz CT molecular complexity index is 539. The third-order valence-electron chi connectivity index (χ3n) is 4.59. The van der Waals surface area contributed by atoms with Crippen molar-refractivity contribution >= 4 is 29.3 Å². The Morgan fingerprint density at radius 1 is 1.38 bits per heavy atom. The lowest BCUT2D eigenvalue weighted by atomic mass is 9.95. The number of thioether (sulfide) groups is 1. The van der Waals surface area contributed by atoms with E-state index in [1.807, 2.05) is 0 Å². The number of fused-ring (bicyclic) bond motifs is 2. The highest BCUT2D eigenvalue weighted by Crippen LogP contribution is 2.44. The summed E-state index contributed by atoms with van der Waals surface area (Å²) in [5, 5.41) is 3.54. The lowest BCUT2D eigenvalue weighted by Crippen LogP contribution is -2.39. The molecular weight excluding hydrogens is 309 g/mol. The summed E-state index contributed by atoms with van der Waals surface area (Å²) in [7, 11) is 0. The van der Waals surface area contributed by atoms with E-state index in [0.29, 0.717) is 34.1 Å². The minimum atomic E-state index is -0.302. The summed E-state index contributed by atoms with van der Waals surface area (Å²) < 4.78 is 13.6. The lowest BCUT2D eigenvalue weighted by molar-refractivity contribution is -0.119. The minimum Gasteiger partial charge on any atom is -0.352 e. The zero-order valence-corrected chi connectivity index (χ0v) is 13.4. The van der Waals surface area contributed by atoms with Crippen molar-refractivity contribution in [3.8, 4) is 0 Å². The molecule has 0 unspecified atom stereocenters. The second-order valence-corrected chi connectivity index (χ2v) is 7.50. The van der Waals surface area contributed by atoms with E-state index in [2.05, 4.69) is 5.32 Å². The molecule has 2 nitrogen and oxygen atoms in total. The van der Waals surface area contributed by atoms with Crippen LogP contribution in [0.4, 0.5) is 4.39 Å². The number of amides is 1. The van der Waals surface area contributed by atoms with Crippen molar-refractivity contribution in [2.75, 3.05) is 5.75 Å². The molecule has 0 spiro atoms. The van der Waals surface area contributed by atoms with Gasteiger partial charge in [0.15, 0.2) is 0 Å². The number of rotatable bonds is 5. The van der Waals surface area contributed by atoms with Gasteiger partial charge in [0, 0.05) is 16.8 Å². The van der Waals surface area contributed by atoms with E-state index in [4.69, 9.17) is 11.6 Å². The van der Waals surface area contributed by atoms with Crippen molar-refractivity contribution in [2.45, 2.75) is 37.5 Å². The molecule has 2 aliphatic rings. The first-order chi connectivity index (χ1) is 10.1. The monoisotopic (exact) mass is 327 g/mol. The summed E-state index contributed by atoms with van der Waals surface area (Å²) in [5.74, 6) is 2.17. The summed E-state index contributed by atoms with van der Waals surface area (Å²) >= 11 is 7.16. The highest BCUT2D eigenvalue weighted by atomic mass is 35.5. The topological polar surface area (TPSA) is 29.1 Å². The van der Waals surface area contributed by atoms with Crippen LogP contribution in [0.2, 0.25) is 5.02 Å². The maximum Gasteiger partial charge on any atom is 0.230 e. The van der Waals surface area contributed by atoms with Gasteiger partial charge < -0.3 is 5.32 Å². The van der Waals surface area contributed by atoms with Gasteiger partial charge in [-0.3, -0.25) is 4.79 Å². The molecule has 0 heterocycles. The van der Waals surface area contributed by atoms with Gasteiger partial charge in [-0.1, -0.05) is 24.1 Å². The highest BCUT2D eigenvalue weighted by Gasteiger charge is 2.39. The van der Waals surface area contributed by atoms with Gasteiger partial charge in [0.05, 0.1) is 5.75 Å². The average Bonchev–Trinajstić information content (AvgIpc) is 3.03. The van der Waals surface area contributed by atoms with E-state index in [0.717, 1.165) is 12.3 Å². The van der Waals surface area contributed by atoms with Crippen LogP contribution in [0.25, 0.3) is 0 Å². The molecule has 1 N–H and O–H groups in total. The van der Waals surface area contributed by atoms with Crippen molar-refractivity contribution in [1.29, 1.82) is 0 Å². The van der Waals surface area contributed by atoms with Crippen molar-refractivity contribution in [2.24, 2.45) is 11.8 Å². The second-order valence-electron chi connectivity index (χ2n) is 6.08. The van der Waals surface area contributed by atoms with E-state index in [1.165, 1.54) is 37.1 Å². The number of carbonyl (C=O) groups is 1.